The quantitative estimate of drug-likeness (QED) is 0.700. The number of aromatic nitrogens is 2. The van der Waals surface area contributed by atoms with Crippen LogP contribution in [0.15, 0.2) is 54.7 Å². The molecule has 0 N–H and O–H groups in total. The highest BCUT2D eigenvalue weighted by atomic mass is 16.5. The van der Waals surface area contributed by atoms with Gasteiger partial charge in [-0.25, -0.2) is 4.68 Å². The van der Waals surface area contributed by atoms with Gasteiger partial charge in [-0.3, -0.25) is 0 Å². The number of hydrogen-bond acceptors (Lipinski definition) is 2. The minimum atomic E-state index is 0.640. The molecule has 3 nitrogen and oxygen atoms in total. The third-order valence-corrected chi connectivity index (χ3v) is 2.93. The summed E-state index contributed by atoms with van der Waals surface area (Å²) in [5.41, 5.74) is 3.24. The Morgan fingerprint density at radius 3 is 2.56 bits per heavy atom. The zero-order valence-electron chi connectivity index (χ0n) is 10.2. The van der Waals surface area contributed by atoms with E-state index in [0.717, 1.165) is 22.2 Å². The van der Waals surface area contributed by atoms with E-state index in [0.29, 0.717) is 6.61 Å². The van der Waals surface area contributed by atoms with E-state index in [-0.39, 0.29) is 0 Å². The average molecular weight is 238 g/mol. The van der Waals surface area contributed by atoms with Gasteiger partial charge in [0.25, 0.3) is 0 Å². The molecule has 0 saturated heterocycles. The average Bonchev–Trinajstić information content (AvgIpc) is 2.84. The van der Waals surface area contributed by atoms with Crippen molar-refractivity contribution in [2.24, 2.45) is 0 Å². The SMILES string of the molecule is COCc1ccc(-n2cc3ccccc3n2)cc1. The Morgan fingerprint density at radius 1 is 1.06 bits per heavy atom. The normalized spacial score (nSPS) is 10.9. The van der Waals surface area contributed by atoms with Crippen LogP contribution in [0.5, 0.6) is 0 Å². The van der Waals surface area contributed by atoms with Crippen molar-refractivity contribution in [2.45, 2.75) is 6.61 Å². The highest BCUT2D eigenvalue weighted by molar-refractivity contribution is 5.78. The molecule has 0 unspecified atom stereocenters. The fraction of sp³-hybridized carbons (Fsp3) is 0.133. The number of nitrogens with zero attached hydrogens (tertiary/aromatic N) is 2. The summed E-state index contributed by atoms with van der Waals surface area (Å²) in [4.78, 5) is 0. The number of hydrogen-bond donors (Lipinski definition) is 0. The van der Waals surface area contributed by atoms with E-state index in [1.54, 1.807) is 7.11 Å². The molecule has 0 aliphatic rings. The molecule has 1 heterocycles. The molecule has 0 spiro atoms. The maximum atomic E-state index is 5.10. The van der Waals surface area contributed by atoms with Gasteiger partial charge in [0.2, 0.25) is 0 Å². The van der Waals surface area contributed by atoms with E-state index in [2.05, 4.69) is 35.4 Å². The molecule has 90 valence electrons. The van der Waals surface area contributed by atoms with Crippen molar-refractivity contribution < 1.29 is 4.74 Å². The van der Waals surface area contributed by atoms with E-state index in [1.807, 2.05) is 29.1 Å². The predicted octanol–water partition coefficient (Wildman–Crippen LogP) is 3.17. The largest absolute Gasteiger partial charge is 0.380 e. The highest BCUT2D eigenvalue weighted by Crippen LogP contribution is 2.16. The Kier molecular flexibility index (Phi) is 2.82. The molecule has 0 aliphatic heterocycles. The first-order valence-electron chi connectivity index (χ1n) is 5.89. The summed E-state index contributed by atoms with van der Waals surface area (Å²) in [7, 11) is 1.70. The van der Waals surface area contributed by atoms with Gasteiger partial charge in [-0.15, -0.1) is 0 Å². The molecule has 2 aromatic carbocycles. The molecule has 3 heteroatoms. The van der Waals surface area contributed by atoms with Gasteiger partial charge in [0.1, 0.15) is 0 Å². The number of methoxy groups -OCH3 is 1. The van der Waals surface area contributed by atoms with Crippen molar-refractivity contribution >= 4 is 10.9 Å². The predicted molar refractivity (Wildman–Crippen MR) is 71.8 cm³/mol. The Morgan fingerprint density at radius 2 is 1.83 bits per heavy atom. The van der Waals surface area contributed by atoms with E-state index in [1.165, 1.54) is 0 Å². The summed E-state index contributed by atoms with van der Waals surface area (Å²) < 4.78 is 7.00. The number of rotatable bonds is 3. The van der Waals surface area contributed by atoms with E-state index < -0.39 is 0 Å². The van der Waals surface area contributed by atoms with Crippen LogP contribution >= 0.6 is 0 Å². The van der Waals surface area contributed by atoms with Gasteiger partial charge < -0.3 is 4.74 Å². The molecule has 0 radical (unpaired) electrons. The van der Waals surface area contributed by atoms with E-state index in [4.69, 9.17) is 4.74 Å². The second-order valence-electron chi connectivity index (χ2n) is 4.23. The van der Waals surface area contributed by atoms with Gasteiger partial charge in [-0.05, 0) is 23.8 Å². The lowest BCUT2D eigenvalue weighted by atomic mass is 10.2. The molecule has 0 atom stereocenters. The van der Waals surface area contributed by atoms with Gasteiger partial charge in [0, 0.05) is 18.7 Å². The van der Waals surface area contributed by atoms with Crippen molar-refractivity contribution in [3.8, 4) is 5.69 Å². The third-order valence-electron chi connectivity index (χ3n) is 2.93. The first-order chi connectivity index (χ1) is 8.86. The standard InChI is InChI=1S/C15H14N2O/c1-18-11-12-6-8-14(9-7-12)17-10-13-4-2-3-5-15(13)16-17/h2-10H,11H2,1H3. The molecule has 18 heavy (non-hydrogen) atoms. The smallest absolute Gasteiger partial charge is 0.0927 e. The molecular weight excluding hydrogens is 224 g/mol. The van der Waals surface area contributed by atoms with Crippen molar-refractivity contribution in [1.82, 2.24) is 9.78 Å². The molecule has 1 aromatic heterocycles. The van der Waals surface area contributed by atoms with Gasteiger partial charge in [-0.2, -0.15) is 5.10 Å². The molecule has 0 aliphatic carbocycles. The highest BCUT2D eigenvalue weighted by Gasteiger charge is 2.01. The van der Waals surface area contributed by atoms with Crippen molar-refractivity contribution in [3.05, 3.63) is 60.3 Å². The van der Waals surface area contributed by atoms with Gasteiger partial charge in [-0.1, -0.05) is 30.3 Å². The second kappa shape index (κ2) is 4.63. The van der Waals surface area contributed by atoms with Crippen molar-refractivity contribution in [1.29, 1.82) is 0 Å². The fourth-order valence-electron chi connectivity index (χ4n) is 2.01. The van der Waals surface area contributed by atoms with Crippen LogP contribution in [0.2, 0.25) is 0 Å². The Hall–Kier alpha value is -2.13. The molecule has 0 fully saturated rings. The molecule has 3 aromatic rings. The Labute approximate surface area is 106 Å². The number of fused-ring (bicyclic) bond motifs is 1. The van der Waals surface area contributed by atoms with Gasteiger partial charge in [0.15, 0.2) is 0 Å². The lowest BCUT2D eigenvalue weighted by Crippen LogP contribution is -1.95. The first-order valence-corrected chi connectivity index (χ1v) is 5.89. The lowest BCUT2D eigenvalue weighted by molar-refractivity contribution is 0.185. The van der Waals surface area contributed by atoms with Crippen LogP contribution in [0.25, 0.3) is 16.6 Å². The first kappa shape index (κ1) is 11.0. The molecule has 0 saturated carbocycles. The topological polar surface area (TPSA) is 27.1 Å². The zero-order chi connectivity index (χ0) is 12.4. The Balaban J connectivity index is 1.98. The number of ether oxygens (including phenoxy) is 1. The van der Waals surface area contributed by atoms with Crippen LogP contribution < -0.4 is 0 Å². The molecule has 0 bridgehead atoms. The number of benzene rings is 2. The monoisotopic (exact) mass is 238 g/mol. The molecule has 3 rings (SSSR count). The Bertz CT molecular complexity index is 623. The minimum absolute atomic E-state index is 0.640. The minimum Gasteiger partial charge on any atom is -0.380 e. The summed E-state index contributed by atoms with van der Waals surface area (Å²) in [5, 5.41) is 5.70. The zero-order valence-corrected chi connectivity index (χ0v) is 10.2. The maximum absolute atomic E-state index is 5.10. The summed E-state index contributed by atoms with van der Waals surface area (Å²) >= 11 is 0. The second-order valence-corrected chi connectivity index (χ2v) is 4.23. The van der Waals surface area contributed by atoms with Crippen molar-refractivity contribution in [2.75, 3.05) is 7.11 Å². The van der Waals surface area contributed by atoms with Crippen LogP contribution in [0.4, 0.5) is 0 Å². The van der Waals surface area contributed by atoms with Crippen LogP contribution in [0, 0.1) is 0 Å². The third kappa shape index (κ3) is 2.00. The summed E-state index contributed by atoms with van der Waals surface area (Å²) in [6, 6.07) is 16.3. The molecule has 0 amide bonds. The van der Waals surface area contributed by atoms with Gasteiger partial charge in [0.05, 0.1) is 17.8 Å². The van der Waals surface area contributed by atoms with Crippen LogP contribution in [-0.2, 0) is 11.3 Å². The lowest BCUT2D eigenvalue weighted by Gasteiger charge is -2.03. The maximum Gasteiger partial charge on any atom is 0.0927 e. The summed E-state index contributed by atoms with van der Waals surface area (Å²) in [6.45, 7) is 0.640. The van der Waals surface area contributed by atoms with E-state index in [9.17, 15) is 0 Å². The van der Waals surface area contributed by atoms with E-state index >= 15 is 0 Å². The van der Waals surface area contributed by atoms with Crippen LogP contribution in [0.1, 0.15) is 5.56 Å². The van der Waals surface area contributed by atoms with Crippen molar-refractivity contribution in [3.63, 3.8) is 0 Å². The van der Waals surface area contributed by atoms with Crippen LogP contribution in [0.3, 0.4) is 0 Å². The summed E-state index contributed by atoms with van der Waals surface area (Å²) in [5.74, 6) is 0. The van der Waals surface area contributed by atoms with Gasteiger partial charge >= 0.3 is 0 Å². The summed E-state index contributed by atoms with van der Waals surface area (Å²) in [6.07, 6.45) is 2.04. The van der Waals surface area contributed by atoms with Crippen LogP contribution in [-0.4, -0.2) is 16.9 Å². The fourth-order valence-corrected chi connectivity index (χ4v) is 2.01. The molecular formula is C15H14N2O.